The zero-order valence-corrected chi connectivity index (χ0v) is 16.9. The molecule has 0 spiro atoms. The monoisotopic (exact) mass is 409 g/mol. The molecule has 148 valence electrons. The fourth-order valence-electron chi connectivity index (χ4n) is 3.34. The van der Waals surface area contributed by atoms with Gasteiger partial charge in [-0.05, 0) is 36.1 Å². The van der Waals surface area contributed by atoms with Gasteiger partial charge in [-0.3, -0.25) is 9.59 Å². The number of fused-ring (bicyclic) bond motifs is 1. The Labute approximate surface area is 173 Å². The second kappa shape index (κ2) is 7.72. The molecule has 4 rings (SSSR count). The zero-order chi connectivity index (χ0) is 20.5. The first kappa shape index (κ1) is 19.2. The van der Waals surface area contributed by atoms with E-state index in [4.69, 9.17) is 16.3 Å². The van der Waals surface area contributed by atoms with Gasteiger partial charge < -0.3 is 14.6 Å². The van der Waals surface area contributed by atoms with Crippen LogP contribution in [0.3, 0.4) is 0 Å². The van der Waals surface area contributed by atoms with Crippen LogP contribution in [0.4, 0.5) is 0 Å². The maximum absolute atomic E-state index is 12.3. The van der Waals surface area contributed by atoms with Gasteiger partial charge in [0.15, 0.2) is 5.75 Å². The number of hydrogen-bond donors (Lipinski definition) is 1. The summed E-state index contributed by atoms with van der Waals surface area (Å²) in [4.78, 5) is 28.1. The highest BCUT2D eigenvalue weighted by Gasteiger charge is 2.22. The third-order valence-electron chi connectivity index (χ3n) is 5.07. The maximum Gasteiger partial charge on any atom is 0.268 e. The molecule has 7 heteroatoms. The first-order valence-electron chi connectivity index (χ1n) is 9.29. The van der Waals surface area contributed by atoms with E-state index in [1.165, 1.54) is 10.8 Å². The largest absolute Gasteiger partial charge is 0.489 e. The van der Waals surface area contributed by atoms with Crippen molar-refractivity contribution in [2.45, 2.75) is 13.3 Å². The highest BCUT2D eigenvalue weighted by Crippen LogP contribution is 2.36. The zero-order valence-electron chi connectivity index (χ0n) is 16.2. The molecule has 0 saturated carbocycles. The van der Waals surface area contributed by atoms with Crippen molar-refractivity contribution < 1.29 is 9.53 Å². The predicted molar refractivity (Wildman–Crippen MR) is 112 cm³/mol. The van der Waals surface area contributed by atoms with Gasteiger partial charge in [-0.25, -0.2) is 4.98 Å². The summed E-state index contributed by atoms with van der Waals surface area (Å²) in [7, 11) is 1.70. The van der Waals surface area contributed by atoms with E-state index in [1.54, 1.807) is 13.2 Å². The van der Waals surface area contributed by atoms with Crippen molar-refractivity contribution in [3.8, 4) is 17.0 Å². The average Bonchev–Trinajstić information content (AvgIpc) is 2.90. The number of aromatic nitrogens is 2. The number of benzene rings is 2. The van der Waals surface area contributed by atoms with Gasteiger partial charge >= 0.3 is 0 Å². The Balaban J connectivity index is 1.64. The Kier molecular flexibility index (Phi) is 5.11. The number of hydrogen-bond acceptors (Lipinski definition) is 4. The normalized spacial score (nSPS) is 13.3. The molecule has 1 aliphatic rings. The van der Waals surface area contributed by atoms with Crippen molar-refractivity contribution in [2.75, 3.05) is 13.2 Å². The quantitative estimate of drug-likeness (QED) is 0.721. The van der Waals surface area contributed by atoms with Gasteiger partial charge in [-0.1, -0.05) is 35.9 Å². The minimum Gasteiger partial charge on any atom is -0.489 e. The van der Waals surface area contributed by atoms with Gasteiger partial charge in [-0.15, -0.1) is 0 Å². The fraction of sp³-hybridized carbons (Fsp3) is 0.227. The lowest BCUT2D eigenvalue weighted by molar-refractivity contribution is 0.0957. The van der Waals surface area contributed by atoms with Gasteiger partial charge in [0.1, 0.15) is 6.61 Å². The second-order valence-electron chi connectivity index (χ2n) is 7.05. The number of carbonyl (C=O) groups is 1. The van der Waals surface area contributed by atoms with E-state index < -0.39 is 0 Å². The van der Waals surface area contributed by atoms with E-state index in [-0.39, 0.29) is 11.5 Å². The number of rotatable bonds is 3. The molecular weight excluding hydrogens is 390 g/mol. The number of carbonyl (C=O) groups excluding carboxylic acids is 1. The molecule has 1 aromatic heterocycles. The van der Waals surface area contributed by atoms with Crippen LogP contribution in [0, 0.1) is 6.92 Å². The van der Waals surface area contributed by atoms with Crippen molar-refractivity contribution in [1.29, 1.82) is 0 Å². The number of aryl methyl sites for hydroxylation is 1. The Bertz CT molecular complexity index is 1150. The lowest BCUT2D eigenvalue weighted by Gasteiger charge is -2.15. The Morgan fingerprint density at radius 3 is 2.72 bits per heavy atom. The van der Waals surface area contributed by atoms with Crippen molar-refractivity contribution >= 4 is 17.5 Å². The first-order chi connectivity index (χ1) is 13.9. The van der Waals surface area contributed by atoms with Gasteiger partial charge in [0, 0.05) is 18.8 Å². The molecule has 3 aromatic rings. The fourth-order valence-corrected chi connectivity index (χ4v) is 3.62. The lowest BCUT2D eigenvalue weighted by Crippen LogP contribution is -2.24. The molecular formula is C22H20ClN3O3. The van der Waals surface area contributed by atoms with E-state index in [0.717, 1.165) is 27.9 Å². The first-order valence-corrected chi connectivity index (χ1v) is 9.67. The molecule has 0 saturated heterocycles. The molecule has 0 unspecified atom stereocenters. The number of nitrogens with one attached hydrogen (secondary N) is 1. The van der Waals surface area contributed by atoms with Crippen LogP contribution >= 0.6 is 11.6 Å². The van der Waals surface area contributed by atoms with Gasteiger partial charge in [0.05, 0.1) is 29.0 Å². The number of halogens is 1. The molecule has 1 amide bonds. The average molecular weight is 410 g/mol. The van der Waals surface area contributed by atoms with Gasteiger partial charge in [0.2, 0.25) is 0 Å². The molecule has 0 atom stereocenters. The molecule has 29 heavy (non-hydrogen) atoms. The highest BCUT2D eigenvalue weighted by atomic mass is 35.5. The molecule has 0 fully saturated rings. The van der Waals surface area contributed by atoms with Gasteiger partial charge in [0.25, 0.3) is 11.5 Å². The second-order valence-corrected chi connectivity index (χ2v) is 7.43. The summed E-state index contributed by atoms with van der Waals surface area (Å²) in [5, 5.41) is 3.31. The third-order valence-corrected chi connectivity index (χ3v) is 5.53. The van der Waals surface area contributed by atoms with Crippen LogP contribution < -0.4 is 15.6 Å². The molecule has 1 N–H and O–H groups in total. The Hall–Kier alpha value is -3.12. The van der Waals surface area contributed by atoms with Crippen molar-refractivity contribution in [3.05, 3.63) is 80.4 Å². The smallest absolute Gasteiger partial charge is 0.268 e. The molecule has 0 bridgehead atoms. The van der Waals surface area contributed by atoms with Crippen LogP contribution in [-0.4, -0.2) is 28.6 Å². The summed E-state index contributed by atoms with van der Waals surface area (Å²) < 4.78 is 7.18. The van der Waals surface area contributed by atoms with Crippen LogP contribution in [0.25, 0.3) is 11.3 Å². The number of ether oxygens (including phenoxy) is 1. The highest BCUT2D eigenvalue weighted by molar-refractivity contribution is 6.33. The molecule has 1 aliphatic heterocycles. The predicted octanol–water partition coefficient (Wildman–Crippen LogP) is 3.12. The topological polar surface area (TPSA) is 73.2 Å². The van der Waals surface area contributed by atoms with E-state index in [0.29, 0.717) is 35.9 Å². The van der Waals surface area contributed by atoms with Crippen LogP contribution in [0.1, 0.15) is 27.0 Å². The lowest BCUT2D eigenvalue weighted by atomic mass is 9.96. The van der Waals surface area contributed by atoms with E-state index >= 15 is 0 Å². The summed E-state index contributed by atoms with van der Waals surface area (Å²) in [6, 6.07) is 9.83. The maximum atomic E-state index is 12.3. The van der Waals surface area contributed by atoms with E-state index in [2.05, 4.69) is 10.3 Å². The minimum atomic E-state index is -0.170. The van der Waals surface area contributed by atoms with Crippen LogP contribution in [-0.2, 0) is 13.5 Å². The summed E-state index contributed by atoms with van der Waals surface area (Å²) in [5.41, 5.74) is 4.94. The van der Waals surface area contributed by atoms with Crippen LogP contribution in [0.5, 0.6) is 5.75 Å². The third kappa shape index (κ3) is 3.76. The molecule has 0 radical (unpaired) electrons. The number of nitrogens with zero attached hydrogens (tertiary/aromatic N) is 2. The van der Waals surface area contributed by atoms with Crippen LogP contribution in [0.2, 0.25) is 5.02 Å². The Morgan fingerprint density at radius 1 is 1.24 bits per heavy atom. The molecule has 2 aromatic carbocycles. The van der Waals surface area contributed by atoms with Crippen molar-refractivity contribution in [3.63, 3.8) is 0 Å². The number of amides is 1. The standard InChI is InChI=1S/C22H20ClN3O3/c1-13-16(10-17-21(20(13)23)29-8-7-24-22(17)28)9-14-3-5-15(6-4-14)18-12-26(2)19(27)11-25-18/h3-6,10-12H,7-9H2,1-2H3,(H,24,28). The summed E-state index contributed by atoms with van der Waals surface area (Å²) in [5.74, 6) is 0.288. The molecule has 6 nitrogen and oxygen atoms in total. The van der Waals surface area contributed by atoms with Crippen molar-refractivity contribution in [2.24, 2.45) is 7.05 Å². The van der Waals surface area contributed by atoms with Crippen LogP contribution in [0.15, 0.2) is 47.5 Å². The van der Waals surface area contributed by atoms with Crippen molar-refractivity contribution in [1.82, 2.24) is 14.9 Å². The minimum absolute atomic E-state index is 0.144. The summed E-state index contributed by atoms with van der Waals surface area (Å²) in [6.07, 6.45) is 3.66. The molecule has 2 heterocycles. The summed E-state index contributed by atoms with van der Waals surface area (Å²) in [6.45, 7) is 2.80. The summed E-state index contributed by atoms with van der Waals surface area (Å²) >= 11 is 6.51. The van der Waals surface area contributed by atoms with Gasteiger partial charge in [-0.2, -0.15) is 0 Å². The van der Waals surface area contributed by atoms with E-state index in [9.17, 15) is 9.59 Å². The Morgan fingerprint density at radius 2 is 2.00 bits per heavy atom. The van der Waals surface area contributed by atoms with E-state index in [1.807, 2.05) is 37.3 Å². The molecule has 0 aliphatic carbocycles. The SMILES string of the molecule is Cc1c(Cc2ccc(-c3cn(C)c(=O)cn3)cc2)cc2c(c1Cl)OCCNC2=O.